The SMILES string of the molecule is CN(C)C(=O)c1cc(Br)c2n1CC(C)(C)C2. The van der Waals surface area contributed by atoms with Crippen LogP contribution in [0.1, 0.15) is 30.0 Å². The Morgan fingerprint density at radius 3 is 2.69 bits per heavy atom. The van der Waals surface area contributed by atoms with Crippen LogP contribution in [0.5, 0.6) is 0 Å². The minimum absolute atomic E-state index is 0.0738. The van der Waals surface area contributed by atoms with Crippen LogP contribution in [-0.4, -0.2) is 29.5 Å². The third kappa shape index (κ3) is 1.79. The second-order valence-corrected chi connectivity index (χ2v) is 6.31. The Kier molecular flexibility index (Phi) is 2.65. The minimum atomic E-state index is 0.0738. The summed E-state index contributed by atoms with van der Waals surface area (Å²) >= 11 is 3.55. The lowest BCUT2D eigenvalue weighted by Gasteiger charge is -2.17. The number of halogens is 1. The molecule has 4 heteroatoms. The van der Waals surface area contributed by atoms with Gasteiger partial charge in [0.2, 0.25) is 0 Å². The maximum atomic E-state index is 12.0. The molecule has 0 atom stereocenters. The molecule has 0 bridgehead atoms. The summed E-state index contributed by atoms with van der Waals surface area (Å²) in [6.45, 7) is 5.38. The molecule has 88 valence electrons. The highest BCUT2D eigenvalue weighted by Crippen LogP contribution is 2.38. The van der Waals surface area contributed by atoms with Crippen LogP contribution < -0.4 is 0 Å². The Morgan fingerprint density at radius 1 is 1.50 bits per heavy atom. The molecule has 0 radical (unpaired) electrons. The van der Waals surface area contributed by atoms with Gasteiger partial charge in [-0.15, -0.1) is 0 Å². The van der Waals surface area contributed by atoms with Gasteiger partial charge in [0.15, 0.2) is 0 Å². The summed E-state index contributed by atoms with van der Waals surface area (Å²) in [5.74, 6) is 0.0738. The van der Waals surface area contributed by atoms with Crippen molar-refractivity contribution in [2.24, 2.45) is 5.41 Å². The van der Waals surface area contributed by atoms with Crippen LogP contribution in [-0.2, 0) is 13.0 Å². The van der Waals surface area contributed by atoms with E-state index in [2.05, 4.69) is 34.3 Å². The Balaban J connectivity index is 2.45. The first-order valence-corrected chi connectivity index (χ1v) is 6.21. The van der Waals surface area contributed by atoms with E-state index < -0.39 is 0 Å². The second-order valence-electron chi connectivity index (χ2n) is 5.45. The summed E-state index contributed by atoms with van der Waals surface area (Å²) < 4.78 is 3.20. The largest absolute Gasteiger partial charge is 0.343 e. The van der Waals surface area contributed by atoms with Gasteiger partial charge in [-0.2, -0.15) is 0 Å². The summed E-state index contributed by atoms with van der Waals surface area (Å²) in [7, 11) is 3.58. The van der Waals surface area contributed by atoms with Gasteiger partial charge in [0, 0.05) is 30.8 Å². The molecule has 1 aromatic heterocycles. The van der Waals surface area contributed by atoms with Gasteiger partial charge >= 0.3 is 0 Å². The summed E-state index contributed by atoms with van der Waals surface area (Å²) in [5, 5.41) is 0. The maximum absolute atomic E-state index is 12.0. The summed E-state index contributed by atoms with van der Waals surface area (Å²) in [5.41, 5.74) is 2.29. The molecule has 0 saturated heterocycles. The van der Waals surface area contributed by atoms with E-state index in [9.17, 15) is 4.79 Å². The number of hydrogen-bond acceptors (Lipinski definition) is 1. The molecular weight excluding hydrogens is 268 g/mol. The molecular formula is C12H17BrN2O. The maximum Gasteiger partial charge on any atom is 0.270 e. The van der Waals surface area contributed by atoms with E-state index in [4.69, 9.17) is 0 Å². The number of rotatable bonds is 1. The first kappa shape index (κ1) is 11.7. The quantitative estimate of drug-likeness (QED) is 0.778. The standard InChI is InChI=1S/C12H17BrN2O/c1-12(2)6-10-8(13)5-9(15(10)7-12)11(16)14(3)4/h5H,6-7H2,1-4H3. The van der Waals surface area contributed by atoms with Gasteiger partial charge in [-0.3, -0.25) is 4.79 Å². The summed E-state index contributed by atoms with van der Waals surface area (Å²) in [6, 6.07) is 1.94. The zero-order chi connectivity index (χ0) is 12.1. The normalized spacial score (nSPS) is 17.3. The smallest absolute Gasteiger partial charge is 0.270 e. The fourth-order valence-corrected chi connectivity index (χ4v) is 2.83. The van der Waals surface area contributed by atoms with Crippen LogP contribution in [0.15, 0.2) is 10.5 Å². The van der Waals surface area contributed by atoms with Crippen molar-refractivity contribution >= 4 is 21.8 Å². The van der Waals surface area contributed by atoms with Gasteiger partial charge in [-0.1, -0.05) is 13.8 Å². The second kappa shape index (κ2) is 3.62. The van der Waals surface area contributed by atoms with Crippen LogP contribution in [0.25, 0.3) is 0 Å². The first-order valence-electron chi connectivity index (χ1n) is 5.41. The molecule has 0 spiro atoms. The number of hydrogen-bond donors (Lipinski definition) is 0. The lowest BCUT2D eigenvalue weighted by molar-refractivity contribution is 0.0816. The number of carbonyl (C=O) groups is 1. The van der Waals surface area contributed by atoms with Gasteiger partial charge in [0.25, 0.3) is 5.91 Å². The third-order valence-corrected chi connectivity index (χ3v) is 3.70. The number of aromatic nitrogens is 1. The molecule has 0 aromatic carbocycles. The molecule has 0 unspecified atom stereocenters. The fourth-order valence-electron chi connectivity index (χ4n) is 2.26. The molecule has 0 aliphatic carbocycles. The molecule has 0 fully saturated rings. The highest BCUT2D eigenvalue weighted by atomic mass is 79.9. The highest BCUT2D eigenvalue weighted by molar-refractivity contribution is 9.10. The lowest BCUT2D eigenvalue weighted by Crippen LogP contribution is -2.25. The predicted octanol–water partition coefficient (Wildman–Crippen LogP) is 2.53. The van der Waals surface area contributed by atoms with Gasteiger partial charge in [-0.25, -0.2) is 0 Å². The van der Waals surface area contributed by atoms with Crippen molar-refractivity contribution in [3.05, 3.63) is 21.9 Å². The van der Waals surface area contributed by atoms with Crippen LogP contribution >= 0.6 is 15.9 Å². The fraction of sp³-hybridized carbons (Fsp3) is 0.583. The molecule has 2 heterocycles. The number of nitrogens with zero attached hydrogens (tertiary/aromatic N) is 2. The molecule has 0 saturated carbocycles. The van der Waals surface area contributed by atoms with E-state index in [1.165, 1.54) is 5.69 Å². The van der Waals surface area contributed by atoms with Gasteiger partial charge in [0.1, 0.15) is 5.69 Å². The van der Waals surface area contributed by atoms with Crippen molar-refractivity contribution in [3.8, 4) is 0 Å². The predicted molar refractivity (Wildman–Crippen MR) is 67.6 cm³/mol. The van der Waals surface area contributed by atoms with Crippen molar-refractivity contribution in [2.45, 2.75) is 26.8 Å². The van der Waals surface area contributed by atoms with Crippen molar-refractivity contribution in [2.75, 3.05) is 14.1 Å². The third-order valence-electron chi connectivity index (χ3n) is 3.01. The van der Waals surface area contributed by atoms with Crippen molar-refractivity contribution in [1.29, 1.82) is 0 Å². The van der Waals surface area contributed by atoms with E-state index >= 15 is 0 Å². The van der Waals surface area contributed by atoms with Crippen molar-refractivity contribution < 1.29 is 4.79 Å². The van der Waals surface area contributed by atoms with Crippen molar-refractivity contribution in [3.63, 3.8) is 0 Å². The van der Waals surface area contributed by atoms with Gasteiger partial charge in [-0.05, 0) is 33.8 Å². The highest BCUT2D eigenvalue weighted by Gasteiger charge is 2.33. The van der Waals surface area contributed by atoms with Crippen LogP contribution in [0.4, 0.5) is 0 Å². The van der Waals surface area contributed by atoms with Crippen LogP contribution in [0.2, 0.25) is 0 Å². The van der Waals surface area contributed by atoms with E-state index in [0.29, 0.717) is 0 Å². The molecule has 0 N–H and O–H groups in total. The Bertz CT molecular complexity index is 446. The average molecular weight is 285 g/mol. The summed E-state index contributed by atoms with van der Waals surface area (Å²) in [6.07, 6.45) is 1.02. The van der Waals surface area contributed by atoms with Gasteiger partial charge < -0.3 is 9.47 Å². The first-order chi connectivity index (χ1) is 7.32. The van der Waals surface area contributed by atoms with Crippen molar-refractivity contribution in [1.82, 2.24) is 9.47 Å². The Hall–Kier alpha value is -0.770. The molecule has 1 aliphatic rings. The average Bonchev–Trinajstić information content (AvgIpc) is 2.61. The van der Waals surface area contributed by atoms with Crippen LogP contribution in [0.3, 0.4) is 0 Å². The number of amides is 1. The van der Waals surface area contributed by atoms with Gasteiger partial charge in [0.05, 0.1) is 0 Å². The molecule has 2 rings (SSSR count). The lowest BCUT2D eigenvalue weighted by atomic mass is 9.91. The number of fused-ring (bicyclic) bond motifs is 1. The zero-order valence-electron chi connectivity index (χ0n) is 10.2. The van der Waals surface area contributed by atoms with E-state index in [-0.39, 0.29) is 11.3 Å². The Morgan fingerprint density at radius 2 is 2.12 bits per heavy atom. The Labute approximate surface area is 105 Å². The topological polar surface area (TPSA) is 25.2 Å². The molecule has 1 aliphatic heterocycles. The van der Waals surface area contributed by atoms with E-state index in [0.717, 1.165) is 23.1 Å². The summed E-state index contributed by atoms with van der Waals surface area (Å²) in [4.78, 5) is 13.6. The van der Waals surface area contributed by atoms with E-state index in [1.807, 2.05) is 6.07 Å². The molecule has 16 heavy (non-hydrogen) atoms. The molecule has 1 aromatic rings. The minimum Gasteiger partial charge on any atom is -0.343 e. The molecule has 3 nitrogen and oxygen atoms in total. The molecule has 1 amide bonds. The van der Waals surface area contributed by atoms with E-state index in [1.54, 1.807) is 19.0 Å². The van der Waals surface area contributed by atoms with Crippen LogP contribution in [0, 0.1) is 5.41 Å². The number of carbonyl (C=O) groups excluding carboxylic acids is 1. The zero-order valence-corrected chi connectivity index (χ0v) is 11.8. The monoisotopic (exact) mass is 284 g/mol.